The van der Waals surface area contributed by atoms with Gasteiger partial charge in [-0.25, -0.2) is 4.39 Å². The van der Waals surface area contributed by atoms with Crippen LogP contribution in [0.2, 0.25) is 0 Å². The molecule has 0 aromatic rings. The van der Waals surface area contributed by atoms with Crippen LogP contribution in [-0.4, -0.2) is 19.4 Å². The first kappa shape index (κ1) is 12.9. The zero-order valence-corrected chi connectivity index (χ0v) is 12.4. The number of rotatable bonds is 3. The van der Waals surface area contributed by atoms with E-state index in [0.717, 1.165) is 0 Å². The highest BCUT2D eigenvalue weighted by Gasteiger charge is 2.67. The van der Waals surface area contributed by atoms with Crippen LogP contribution in [0.25, 0.3) is 0 Å². The highest BCUT2D eigenvalue weighted by Crippen LogP contribution is 2.64. The molecule has 0 saturated heterocycles. The van der Waals surface area contributed by atoms with Gasteiger partial charge < -0.3 is 5.11 Å². The molecule has 1 aliphatic rings. The summed E-state index contributed by atoms with van der Waals surface area (Å²) >= 11 is 8.82. The lowest BCUT2D eigenvalue weighted by Gasteiger charge is -2.18. The van der Waals surface area contributed by atoms with Crippen molar-refractivity contribution in [3.05, 3.63) is 0 Å². The van der Waals surface area contributed by atoms with Crippen molar-refractivity contribution >= 4 is 53.8 Å². The van der Waals surface area contributed by atoms with Crippen LogP contribution in [0.4, 0.5) is 4.39 Å². The highest BCUT2D eigenvalue weighted by molar-refractivity contribution is 9.26. The number of aliphatic carboxylic acids is 1. The Bertz CT molecular complexity index is 262. The van der Waals surface area contributed by atoms with E-state index in [2.05, 4.69) is 47.8 Å². The number of carboxylic acids is 1. The van der Waals surface area contributed by atoms with Crippen molar-refractivity contribution in [3.63, 3.8) is 0 Å². The molecule has 0 radical (unpaired) electrons. The Morgan fingerprint density at radius 1 is 1.57 bits per heavy atom. The second-order valence-electron chi connectivity index (χ2n) is 4.11. The molecule has 1 aliphatic carbocycles. The molecule has 3 atom stereocenters. The van der Waals surface area contributed by atoms with E-state index in [1.807, 2.05) is 13.8 Å². The summed E-state index contributed by atoms with van der Waals surface area (Å²) in [6, 6.07) is 0. The maximum Gasteiger partial charge on any atom is 0.307 e. The molecular weight excluding hydrogens is 387 g/mol. The lowest BCUT2D eigenvalue weighted by Crippen LogP contribution is -2.24. The lowest BCUT2D eigenvalue weighted by molar-refractivity contribution is -0.139. The SMILES string of the molecule is CC1(C)C(C(=O)O)C1C(Br)C(F)(Br)Br. The zero-order chi connectivity index (χ0) is 11.3. The molecule has 1 fully saturated rings. The van der Waals surface area contributed by atoms with E-state index in [4.69, 9.17) is 5.11 Å². The number of alkyl halides is 4. The van der Waals surface area contributed by atoms with Crippen LogP contribution in [0, 0.1) is 17.3 Å². The van der Waals surface area contributed by atoms with Gasteiger partial charge in [-0.05, 0) is 43.2 Å². The molecule has 1 rings (SSSR count). The van der Waals surface area contributed by atoms with E-state index in [9.17, 15) is 9.18 Å². The van der Waals surface area contributed by atoms with Crippen molar-refractivity contribution in [3.8, 4) is 0 Å². The average Bonchev–Trinajstić information content (AvgIpc) is 2.49. The Balaban J connectivity index is 2.79. The van der Waals surface area contributed by atoms with Crippen LogP contribution in [0.1, 0.15) is 13.8 Å². The van der Waals surface area contributed by atoms with Gasteiger partial charge in [0.2, 0.25) is 3.49 Å². The molecule has 0 aliphatic heterocycles. The molecule has 0 heterocycles. The Labute approximate surface area is 107 Å². The minimum atomic E-state index is -1.76. The summed E-state index contributed by atoms with van der Waals surface area (Å²) in [5.74, 6) is -1.57. The minimum absolute atomic E-state index is 0.219. The summed E-state index contributed by atoms with van der Waals surface area (Å²) in [6.07, 6.45) is 0. The standard InChI is InChI=1S/C8H10Br3FO2/c1-7(2)3(4(7)6(13)14)5(9)8(10,11)12/h3-5H,1-2H3,(H,13,14). The first-order valence-electron chi connectivity index (χ1n) is 4.03. The Hall–Kier alpha value is 0.840. The van der Waals surface area contributed by atoms with Gasteiger partial charge in [-0.3, -0.25) is 4.79 Å². The second-order valence-corrected chi connectivity index (χ2v) is 8.47. The fourth-order valence-electron chi connectivity index (χ4n) is 1.90. The lowest BCUT2D eigenvalue weighted by atomic mass is 10.1. The Morgan fingerprint density at radius 3 is 2.21 bits per heavy atom. The number of carboxylic acid groups (broad SMARTS) is 1. The summed E-state index contributed by atoms with van der Waals surface area (Å²) in [7, 11) is 0. The van der Waals surface area contributed by atoms with Crippen molar-refractivity contribution < 1.29 is 14.3 Å². The molecule has 0 amide bonds. The van der Waals surface area contributed by atoms with Crippen molar-refractivity contribution in [2.45, 2.75) is 22.2 Å². The van der Waals surface area contributed by atoms with E-state index in [0.29, 0.717) is 0 Å². The number of hydrogen-bond donors (Lipinski definition) is 1. The molecule has 2 nitrogen and oxygen atoms in total. The van der Waals surface area contributed by atoms with Crippen LogP contribution < -0.4 is 0 Å². The monoisotopic (exact) mass is 394 g/mol. The molecule has 14 heavy (non-hydrogen) atoms. The van der Waals surface area contributed by atoms with Crippen molar-refractivity contribution in [1.29, 1.82) is 0 Å². The molecule has 0 aromatic carbocycles. The predicted molar refractivity (Wildman–Crippen MR) is 62.8 cm³/mol. The average molecular weight is 397 g/mol. The van der Waals surface area contributed by atoms with E-state index < -0.39 is 20.2 Å². The van der Waals surface area contributed by atoms with Gasteiger partial charge in [-0.15, -0.1) is 0 Å². The van der Waals surface area contributed by atoms with Crippen LogP contribution >= 0.6 is 47.8 Å². The smallest absolute Gasteiger partial charge is 0.307 e. The third-order valence-corrected chi connectivity index (χ3v) is 6.22. The number of carbonyl (C=O) groups is 1. The van der Waals surface area contributed by atoms with Gasteiger partial charge in [0, 0.05) is 0 Å². The van der Waals surface area contributed by atoms with Crippen LogP contribution in [0.3, 0.4) is 0 Å². The third-order valence-electron chi connectivity index (χ3n) is 2.80. The summed E-state index contributed by atoms with van der Waals surface area (Å²) in [5.41, 5.74) is -0.362. The number of hydrogen-bond acceptors (Lipinski definition) is 1. The summed E-state index contributed by atoms with van der Waals surface area (Å²) < 4.78 is 11.7. The van der Waals surface area contributed by atoms with Gasteiger partial charge in [-0.1, -0.05) is 29.8 Å². The molecular formula is C8H10Br3FO2. The Morgan fingerprint density at radius 2 is 2.00 bits per heavy atom. The zero-order valence-electron chi connectivity index (χ0n) is 7.60. The van der Waals surface area contributed by atoms with E-state index >= 15 is 0 Å². The largest absolute Gasteiger partial charge is 0.481 e. The second kappa shape index (κ2) is 3.70. The number of halogens is 4. The molecule has 1 N–H and O–H groups in total. The minimum Gasteiger partial charge on any atom is -0.481 e. The summed E-state index contributed by atoms with van der Waals surface area (Å²) in [4.78, 5) is 10.3. The van der Waals surface area contributed by atoms with Gasteiger partial charge in [0.05, 0.1) is 10.7 Å². The van der Waals surface area contributed by atoms with Crippen molar-refractivity contribution in [1.82, 2.24) is 0 Å². The van der Waals surface area contributed by atoms with Crippen molar-refractivity contribution in [2.24, 2.45) is 17.3 Å². The van der Waals surface area contributed by atoms with Crippen LogP contribution in [0.15, 0.2) is 0 Å². The summed E-state index contributed by atoms with van der Waals surface area (Å²) in [5, 5.41) is 8.90. The van der Waals surface area contributed by atoms with Gasteiger partial charge in [0.15, 0.2) is 0 Å². The fraction of sp³-hybridized carbons (Fsp3) is 0.875. The van der Waals surface area contributed by atoms with Gasteiger partial charge >= 0.3 is 5.97 Å². The maximum absolute atomic E-state index is 13.4. The normalized spacial score (nSPS) is 32.4. The van der Waals surface area contributed by atoms with E-state index in [1.54, 1.807) is 0 Å². The molecule has 1 saturated carbocycles. The summed E-state index contributed by atoms with van der Waals surface area (Å²) in [6.45, 7) is 3.66. The van der Waals surface area contributed by atoms with E-state index in [1.165, 1.54) is 0 Å². The van der Waals surface area contributed by atoms with E-state index in [-0.39, 0.29) is 11.3 Å². The highest BCUT2D eigenvalue weighted by atomic mass is 79.9. The maximum atomic E-state index is 13.4. The first-order valence-corrected chi connectivity index (χ1v) is 6.54. The first-order chi connectivity index (χ1) is 6.10. The third kappa shape index (κ3) is 2.16. The van der Waals surface area contributed by atoms with Crippen LogP contribution in [0.5, 0.6) is 0 Å². The molecule has 3 unspecified atom stereocenters. The van der Waals surface area contributed by atoms with Gasteiger partial charge in [-0.2, -0.15) is 0 Å². The molecule has 0 aromatic heterocycles. The van der Waals surface area contributed by atoms with Gasteiger partial charge in [0.25, 0.3) is 0 Å². The topological polar surface area (TPSA) is 37.3 Å². The molecule has 6 heteroatoms. The molecule has 0 spiro atoms. The van der Waals surface area contributed by atoms with Crippen LogP contribution in [-0.2, 0) is 4.79 Å². The predicted octanol–water partition coefficient (Wildman–Crippen LogP) is 3.52. The fourth-order valence-corrected chi connectivity index (χ4v) is 3.46. The molecule has 82 valence electrons. The van der Waals surface area contributed by atoms with Crippen molar-refractivity contribution in [2.75, 3.05) is 0 Å². The Kier molecular flexibility index (Phi) is 3.41. The molecule has 0 bridgehead atoms. The quantitative estimate of drug-likeness (QED) is 0.741. The van der Waals surface area contributed by atoms with Gasteiger partial charge in [0.1, 0.15) is 0 Å².